The highest BCUT2D eigenvalue weighted by atomic mass is 19.1. The van der Waals surface area contributed by atoms with Gasteiger partial charge in [0, 0.05) is 24.9 Å². The van der Waals surface area contributed by atoms with Gasteiger partial charge < -0.3 is 4.84 Å². The molecule has 2 heterocycles. The molecule has 0 spiro atoms. The minimum atomic E-state index is -0.313. The number of fused-ring (bicyclic) bond motifs is 2. The predicted molar refractivity (Wildman–Crippen MR) is 97.0 cm³/mol. The minimum Gasteiger partial charge on any atom is -0.383 e. The summed E-state index contributed by atoms with van der Waals surface area (Å²) in [5, 5.41) is 4.53. The van der Waals surface area contributed by atoms with Gasteiger partial charge in [0.15, 0.2) is 6.10 Å². The van der Waals surface area contributed by atoms with Gasteiger partial charge in [0.2, 0.25) is 0 Å². The van der Waals surface area contributed by atoms with E-state index in [0.29, 0.717) is 12.1 Å². The van der Waals surface area contributed by atoms with Crippen molar-refractivity contribution in [1.82, 2.24) is 4.90 Å². The Morgan fingerprint density at radius 1 is 0.960 bits per heavy atom. The van der Waals surface area contributed by atoms with Gasteiger partial charge in [-0.1, -0.05) is 47.6 Å². The Hall–Kier alpha value is -2.20. The van der Waals surface area contributed by atoms with Crippen LogP contribution in [0, 0.1) is 5.82 Å². The lowest BCUT2D eigenvalue weighted by molar-refractivity contribution is 0.0839. The predicted octanol–water partition coefficient (Wildman–Crippen LogP) is 4.54. The second-order valence-corrected chi connectivity index (χ2v) is 7.06. The highest BCUT2D eigenvalue weighted by molar-refractivity contribution is 5.86. The molecule has 2 saturated heterocycles. The van der Waals surface area contributed by atoms with Crippen molar-refractivity contribution in [2.24, 2.45) is 5.16 Å². The molecule has 2 fully saturated rings. The molecular formula is C21H23FN2O. The summed E-state index contributed by atoms with van der Waals surface area (Å²) in [6.07, 6.45) is 4.16. The maximum absolute atomic E-state index is 13.3. The van der Waals surface area contributed by atoms with Crippen molar-refractivity contribution in [3.63, 3.8) is 0 Å². The third kappa shape index (κ3) is 3.45. The third-order valence-electron chi connectivity index (χ3n) is 5.49. The Kier molecular flexibility index (Phi) is 4.53. The zero-order chi connectivity index (χ0) is 17.2. The van der Waals surface area contributed by atoms with E-state index in [0.717, 1.165) is 29.7 Å². The first kappa shape index (κ1) is 16.3. The van der Waals surface area contributed by atoms with Crippen molar-refractivity contribution in [3.05, 3.63) is 71.5 Å². The highest BCUT2D eigenvalue weighted by Crippen LogP contribution is 2.34. The molecule has 0 aromatic heterocycles. The van der Waals surface area contributed by atoms with E-state index in [1.165, 1.54) is 25.0 Å². The van der Waals surface area contributed by atoms with Crippen molar-refractivity contribution >= 4 is 5.71 Å². The largest absolute Gasteiger partial charge is 0.383 e. The quantitative estimate of drug-likeness (QED) is 0.764. The van der Waals surface area contributed by atoms with Crippen LogP contribution in [-0.4, -0.2) is 29.7 Å². The Labute approximate surface area is 148 Å². The van der Waals surface area contributed by atoms with Crippen molar-refractivity contribution < 1.29 is 9.23 Å². The molecule has 2 aliphatic heterocycles. The molecule has 0 radical (unpaired) electrons. The smallest absolute Gasteiger partial charge is 0.177 e. The van der Waals surface area contributed by atoms with Crippen LogP contribution < -0.4 is 0 Å². The summed E-state index contributed by atoms with van der Waals surface area (Å²) in [7, 11) is 2.21. The van der Waals surface area contributed by atoms with Gasteiger partial charge in [-0.25, -0.2) is 4.39 Å². The first-order valence-electron chi connectivity index (χ1n) is 8.94. The molecule has 0 amide bonds. The summed E-state index contributed by atoms with van der Waals surface area (Å²) in [4.78, 5) is 8.48. The van der Waals surface area contributed by atoms with Crippen molar-refractivity contribution in [2.75, 3.05) is 7.05 Å². The molecule has 2 aliphatic rings. The number of piperidine rings is 1. The second kappa shape index (κ2) is 6.96. The van der Waals surface area contributed by atoms with E-state index >= 15 is 0 Å². The summed E-state index contributed by atoms with van der Waals surface area (Å²) in [6, 6.07) is 17.7. The molecule has 4 rings (SSSR count). The van der Waals surface area contributed by atoms with E-state index < -0.39 is 0 Å². The molecule has 0 saturated carbocycles. The van der Waals surface area contributed by atoms with Crippen molar-refractivity contribution in [3.8, 4) is 0 Å². The standard InChI is InChI=1S/C21H23FN2O/c1-24-19-11-12-20(24)14-18(13-19)23-25-21(15-5-3-2-4-6-15)16-7-9-17(22)10-8-16/h2-10,19-21H,11-14H2,1H3. The normalized spacial score (nSPS) is 24.2. The van der Waals surface area contributed by atoms with Gasteiger partial charge in [-0.2, -0.15) is 0 Å². The molecule has 2 aromatic carbocycles. The summed E-state index contributed by atoms with van der Waals surface area (Å²) >= 11 is 0. The molecule has 3 nitrogen and oxygen atoms in total. The van der Waals surface area contributed by atoms with Crippen LogP contribution in [0.4, 0.5) is 4.39 Å². The van der Waals surface area contributed by atoms with E-state index in [1.54, 1.807) is 12.1 Å². The first-order chi connectivity index (χ1) is 12.2. The monoisotopic (exact) mass is 338 g/mol. The molecule has 2 bridgehead atoms. The fraction of sp³-hybridized carbons (Fsp3) is 0.381. The van der Waals surface area contributed by atoms with Crippen molar-refractivity contribution in [1.29, 1.82) is 0 Å². The van der Waals surface area contributed by atoms with Gasteiger partial charge in [0.1, 0.15) is 5.82 Å². The average molecular weight is 338 g/mol. The molecule has 3 unspecified atom stereocenters. The van der Waals surface area contributed by atoms with Crippen LogP contribution in [0.15, 0.2) is 59.8 Å². The van der Waals surface area contributed by atoms with E-state index in [2.05, 4.69) is 17.1 Å². The number of hydrogen-bond donors (Lipinski definition) is 0. The summed E-state index contributed by atoms with van der Waals surface area (Å²) in [6.45, 7) is 0. The van der Waals surface area contributed by atoms with E-state index in [9.17, 15) is 4.39 Å². The fourth-order valence-electron chi connectivity index (χ4n) is 3.99. The van der Waals surface area contributed by atoms with Crippen LogP contribution in [0.25, 0.3) is 0 Å². The number of hydrogen-bond acceptors (Lipinski definition) is 3. The SMILES string of the molecule is CN1C2CCC1CC(=NOC(c1ccccc1)c1ccc(F)cc1)C2. The summed E-state index contributed by atoms with van der Waals surface area (Å²) in [5.74, 6) is -0.242. The highest BCUT2D eigenvalue weighted by Gasteiger charge is 2.37. The average Bonchev–Trinajstić information content (AvgIpc) is 2.85. The lowest BCUT2D eigenvalue weighted by Crippen LogP contribution is -2.40. The van der Waals surface area contributed by atoms with Crippen LogP contribution in [0.1, 0.15) is 42.9 Å². The van der Waals surface area contributed by atoms with Crippen LogP contribution in [0.5, 0.6) is 0 Å². The maximum Gasteiger partial charge on any atom is 0.177 e. The number of oxime groups is 1. The molecule has 25 heavy (non-hydrogen) atoms. The topological polar surface area (TPSA) is 24.8 Å². The summed E-state index contributed by atoms with van der Waals surface area (Å²) in [5.41, 5.74) is 3.08. The second-order valence-electron chi connectivity index (χ2n) is 7.06. The van der Waals surface area contributed by atoms with Crippen LogP contribution >= 0.6 is 0 Å². The van der Waals surface area contributed by atoms with Gasteiger partial charge in [-0.3, -0.25) is 4.90 Å². The number of nitrogens with zero attached hydrogens (tertiary/aromatic N) is 2. The Morgan fingerprint density at radius 3 is 2.20 bits per heavy atom. The van der Waals surface area contributed by atoms with Gasteiger partial charge >= 0.3 is 0 Å². The van der Waals surface area contributed by atoms with Gasteiger partial charge in [0.25, 0.3) is 0 Å². The van der Waals surface area contributed by atoms with Crippen LogP contribution in [0.3, 0.4) is 0 Å². The zero-order valence-electron chi connectivity index (χ0n) is 14.4. The van der Waals surface area contributed by atoms with E-state index in [1.807, 2.05) is 30.3 Å². The number of halogens is 1. The van der Waals surface area contributed by atoms with Gasteiger partial charge in [-0.05, 0) is 43.1 Å². The fourth-order valence-corrected chi connectivity index (χ4v) is 3.99. The van der Waals surface area contributed by atoms with Gasteiger partial charge in [0.05, 0.1) is 5.71 Å². The Bertz CT molecular complexity index is 728. The molecule has 130 valence electrons. The molecule has 0 aliphatic carbocycles. The van der Waals surface area contributed by atoms with Crippen LogP contribution in [-0.2, 0) is 4.84 Å². The third-order valence-corrected chi connectivity index (χ3v) is 5.49. The molecule has 2 aromatic rings. The molecule has 3 atom stereocenters. The Morgan fingerprint density at radius 2 is 1.56 bits per heavy atom. The first-order valence-corrected chi connectivity index (χ1v) is 8.94. The Balaban J connectivity index is 1.57. The minimum absolute atomic E-state index is 0.242. The van der Waals surface area contributed by atoms with E-state index in [4.69, 9.17) is 4.84 Å². The number of rotatable bonds is 4. The number of benzene rings is 2. The molecule has 4 heteroatoms. The summed E-state index contributed by atoms with van der Waals surface area (Å²) < 4.78 is 13.3. The lowest BCUT2D eigenvalue weighted by atomic mass is 10.0. The zero-order valence-corrected chi connectivity index (χ0v) is 14.4. The molecule has 0 N–H and O–H groups in total. The van der Waals surface area contributed by atoms with Gasteiger partial charge in [-0.15, -0.1) is 0 Å². The van der Waals surface area contributed by atoms with E-state index in [-0.39, 0.29) is 11.9 Å². The van der Waals surface area contributed by atoms with Crippen molar-refractivity contribution in [2.45, 2.75) is 43.9 Å². The lowest BCUT2D eigenvalue weighted by Gasteiger charge is -2.31. The molecular weight excluding hydrogens is 315 g/mol. The maximum atomic E-state index is 13.3. The van der Waals surface area contributed by atoms with Crippen LogP contribution in [0.2, 0.25) is 0 Å².